The van der Waals surface area contributed by atoms with Crippen molar-refractivity contribution in [3.63, 3.8) is 0 Å². The summed E-state index contributed by atoms with van der Waals surface area (Å²) in [5, 5.41) is 3.19. The first-order valence-corrected chi connectivity index (χ1v) is 7.34. The highest BCUT2D eigenvalue weighted by atomic mass is 32.2. The highest BCUT2D eigenvalue weighted by molar-refractivity contribution is 7.89. The maximum Gasteiger partial charge on any atom is 0.211 e. The predicted molar refractivity (Wildman–Crippen MR) is 64.5 cm³/mol. The molecule has 0 saturated carbocycles. The number of unbranched alkanes of at least 4 members (excludes halogenated alkanes) is 1. The lowest BCUT2D eigenvalue weighted by Gasteiger charge is -2.08. The van der Waals surface area contributed by atoms with E-state index in [9.17, 15) is 8.42 Å². The molecule has 0 fully saturated rings. The minimum Gasteiger partial charge on any atom is -0.314 e. The van der Waals surface area contributed by atoms with Crippen molar-refractivity contribution in [2.45, 2.75) is 46.1 Å². The van der Waals surface area contributed by atoms with E-state index in [4.69, 9.17) is 0 Å². The van der Waals surface area contributed by atoms with Gasteiger partial charge in [-0.05, 0) is 19.4 Å². The zero-order chi connectivity index (χ0) is 11.7. The standard InChI is InChI=1S/C10H24N2O2S/c1-4-5-8-12-15(13,14)9-6-7-11-10(2)3/h10-12H,4-9H2,1-3H3. The number of hydrogen-bond donors (Lipinski definition) is 2. The van der Waals surface area contributed by atoms with Gasteiger partial charge in [0.05, 0.1) is 5.75 Å². The predicted octanol–water partition coefficient (Wildman–Crippen LogP) is 1.09. The van der Waals surface area contributed by atoms with Crippen molar-refractivity contribution in [1.29, 1.82) is 0 Å². The van der Waals surface area contributed by atoms with Gasteiger partial charge in [-0.25, -0.2) is 13.1 Å². The Hall–Kier alpha value is -0.130. The first-order valence-electron chi connectivity index (χ1n) is 5.68. The Balaban J connectivity index is 3.56. The average molecular weight is 236 g/mol. The molecular formula is C10H24N2O2S. The molecule has 5 heteroatoms. The van der Waals surface area contributed by atoms with Gasteiger partial charge in [-0.2, -0.15) is 0 Å². The second-order valence-corrected chi connectivity index (χ2v) is 5.96. The van der Waals surface area contributed by atoms with Gasteiger partial charge in [0.2, 0.25) is 10.0 Å². The van der Waals surface area contributed by atoms with Gasteiger partial charge >= 0.3 is 0 Å². The Morgan fingerprint density at radius 1 is 1.13 bits per heavy atom. The van der Waals surface area contributed by atoms with Crippen LogP contribution >= 0.6 is 0 Å². The van der Waals surface area contributed by atoms with E-state index in [-0.39, 0.29) is 5.75 Å². The number of nitrogens with one attached hydrogen (secondary N) is 2. The Kier molecular flexibility index (Phi) is 8.00. The first kappa shape index (κ1) is 14.9. The summed E-state index contributed by atoms with van der Waals surface area (Å²) >= 11 is 0. The second-order valence-electron chi connectivity index (χ2n) is 4.03. The van der Waals surface area contributed by atoms with Gasteiger partial charge in [0.1, 0.15) is 0 Å². The summed E-state index contributed by atoms with van der Waals surface area (Å²) < 4.78 is 25.4. The fourth-order valence-electron chi connectivity index (χ4n) is 1.13. The highest BCUT2D eigenvalue weighted by Gasteiger charge is 2.08. The van der Waals surface area contributed by atoms with E-state index in [1.54, 1.807) is 0 Å². The SMILES string of the molecule is CCCCNS(=O)(=O)CCCNC(C)C. The molecular weight excluding hydrogens is 212 g/mol. The van der Waals surface area contributed by atoms with Crippen LogP contribution in [-0.4, -0.2) is 33.3 Å². The molecule has 0 heterocycles. The van der Waals surface area contributed by atoms with Crippen molar-refractivity contribution in [3.8, 4) is 0 Å². The van der Waals surface area contributed by atoms with Crippen LogP contribution in [0.2, 0.25) is 0 Å². The van der Waals surface area contributed by atoms with E-state index in [1.165, 1.54) is 0 Å². The summed E-state index contributed by atoms with van der Waals surface area (Å²) in [7, 11) is -3.04. The summed E-state index contributed by atoms with van der Waals surface area (Å²) in [4.78, 5) is 0. The van der Waals surface area contributed by atoms with Crippen LogP contribution in [0.15, 0.2) is 0 Å². The van der Waals surface area contributed by atoms with E-state index in [0.717, 1.165) is 19.4 Å². The third kappa shape index (κ3) is 10.2. The van der Waals surface area contributed by atoms with Crippen LogP contribution in [0.3, 0.4) is 0 Å². The molecule has 0 bridgehead atoms. The van der Waals surface area contributed by atoms with Gasteiger partial charge < -0.3 is 5.32 Å². The lowest BCUT2D eigenvalue weighted by Crippen LogP contribution is -2.30. The van der Waals surface area contributed by atoms with Crippen LogP contribution in [0.25, 0.3) is 0 Å². The average Bonchev–Trinajstić information content (AvgIpc) is 2.13. The van der Waals surface area contributed by atoms with Crippen molar-refractivity contribution >= 4 is 10.0 Å². The molecule has 0 atom stereocenters. The molecule has 15 heavy (non-hydrogen) atoms. The van der Waals surface area contributed by atoms with E-state index >= 15 is 0 Å². The normalized spacial score (nSPS) is 12.3. The fraction of sp³-hybridized carbons (Fsp3) is 1.00. The topological polar surface area (TPSA) is 58.2 Å². The summed E-state index contributed by atoms with van der Waals surface area (Å²) in [6.07, 6.45) is 2.58. The zero-order valence-electron chi connectivity index (χ0n) is 10.0. The summed E-state index contributed by atoms with van der Waals surface area (Å²) in [6.45, 7) is 7.46. The number of sulfonamides is 1. The minimum absolute atomic E-state index is 0.219. The van der Waals surface area contributed by atoms with Crippen LogP contribution in [0.5, 0.6) is 0 Å². The summed E-state index contributed by atoms with van der Waals surface area (Å²) in [5.41, 5.74) is 0. The third-order valence-electron chi connectivity index (χ3n) is 1.99. The molecule has 0 amide bonds. The van der Waals surface area contributed by atoms with Crippen LogP contribution < -0.4 is 10.0 Å². The van der Waals surface area contributed by atoms with Gasteiger partial charge in [0, 0.05) is 12.6 Å². The third-order valence-corrected chi connectivity index (χ3v) is 3.46. The summed E-state index contributed by atoms with van der Waals surface area (Å²) in [6, 6.07) is 0.417. The van der Waals surface area contributed by atoms with Crippen molar-refractivity contribution in [2.75, 3.05) is 18.8 Å². The molecule has 4 nitrogen and oxygen atoms in total. The van der Waals surface area contributed by atoms with Crippen LogP contribution in [0.4, 0.5) is 0 Å². The lowest BCUT2D eigenvalue weighted by atomic mass is 10.3. The molecule has 92 valence electrons. The van der Waals surface area contributed by atoms with E-state index in [1.807, 2.05) is 20.8 Å². The van der Waals surface area contributed by atoms with Crippen LogP contribution in [0, 0.1) is 0 Å². The molecule has 0 radical (unpaired) electrons. The van der Waals surface area contributed by atoms with Crippen molar-refractivity contribution in [2.24, 2.45) is 0 Å². The molecule has 0 spiro atoms. The molecule has 0 rings (SSSR count). The van der Waals surface area contributed by atoms with Gasteiger partial charge in [0.15, 0.2) is 0 Å². The molecule has 0 aromatic rings. The van der Waals surface area contributed by atoms with E-state index < -0.39 is 10.0 Å². The molecule has 0 aromatic carbocycles. The Morgan fingerprint density at radius 3 is 2.33 bits per heavy atom. The number of rotatable bonds is 9. The van der Waals surface area contributed by atoms with E-state index in [0.29, 0.717) is 19.0 Å². The van der Waals surface area contributed by atoms with Gasteiger partial charge in [-0.15, -0.1) is 0 Å². The van der Waals surface area contributed by atoms with Crippen molar-refractivity contribution < 1.29 is 8.42 Å². The van der Waals surface area contributed by atoms with Gasteiger partial charge in [-0.3, -0.25) is 0 Å². The molecule has 0 saturated heterocycles. The lowest BCUT2D eigenvalue weighted by molar-refractivity contribution is 0.559. The molecule has 0 aliphatic rings. The molecule has 2 N–H and O–H groups in total. The first-order chi connectivity index (χ1) is 6.98. The monoisotopic (exact) mass is 236 g/mol. The van der Waals surface area contributed by atoms with Crippen LogP contribution in [0.1, 0.15) is 40.0 Å². The second kappa shape index (κ2) is 8.07. The van der Waals surface area contributed by atoms with Crippen LogP contribution in [-0.2, 0) is 10.0 Å². The zero-order valence-corrected chi connectivity index (χ0v) is 10.9. The maximum absolute atomic E-state index is 11.4. The highest BCUT2D eigenvalue weighted by Crippen LogP contribution is 1.91. The van der Waals surface area contributed by atoms with Crippen molar-refractivity contribution in [3.05, 3.63) is 0 Å². The fourth-order valence-corrected chi connectivity index (χ4v) is 2.25. The van der Waals surface area contributed by atoms with E-state index in [2.05, 4.69) is 10.0 Å². The molecule has 0 aromatic heterocycles. The smallest absolute Gasteiger partial charge is 0.211 e. The minimum atomic E-state index is -3.04. The van der Waals surface area contributed by atoms with Crippen molar-refractivity contribution in [1.82, 2.24) is 10.0 Å². The van der Waals surface area contributed by atoms with Gasteiger partial charge in [0.25, 0.3) is 0 Å². The Morgan fingerprint density at radius 2 is 1.80 bits per heavy atom. The Bertz CT molecular complexity index is 238. The molecule has 0 aliphatic carbocycles. The molecule has 0 unspecified atom stereocenters. The largest absolute Gasteiger partial charge is 0.314 e. The molecule has 0 aliphatic heterocycles. The maximum atomic E-state index is 11.4. The Labute approximate surface area is 93.9 Å². The van der Waals surface area contributed by atoms with Gasteiger partial charge in [-0.1, -0.05) is 27.2 Å². The summed E-state index contributed by atoms with van der Waals surface area (Å²) in [5.74, 6) is 0.219. The number of hydrogen-bond acceptors (Lipinski definition) is 3. The quantitative estimate of drug-likeness (QED) is 0.589.